The highest BCUT2D eigenvalue weighted by Crippen LogP contribution is 2.24. The Morgan fingerprint density at radius 1 is 1.31 bits per heavy atom. The molecule has 0 radical (unpaired) electrons. The number of nitrogens with zero attached hydrogens (tertiary/aromatic N) is 2. The molecule has 142 valence electrons. The zero-order valence-corrected chi connectivity index (χ0v) is 15.6. The first-order chi connectivity index (χ1) is 12.3. The summed E-state index contributed by atoms with van der Waals surface area (Å²) in [6, 6.07) is 5.07. The molecule has 1 aromatic rings. The third-order valence-corrected chi connectivity index (χ3v) is 6.29. The fourth-order valence-corrected chi connectivity index (χ4v) is 4.53. The molecule has 26 heavy (non-hydrogen) atoms. The number of allylic oxidation sites excluding steroid dienone is 1. The van der Waals surface area contributed by atoms with Crippen LogP contribution in [-0.4, -0.2) is 60.3 Å². The number of carboxylic acid groups (broad SMARTS) is 1. The minimum Gasteiger partial charge on any atom is -0.481 e. The first-order valence-electron chi connectivity index (χ1n) is 8.47. The Balaban J connectivity index is 2.28. The molecule has 1 aliphatic heterocycles. The molecular formula is C18H24N2O5S. The topological polar surface area (TPSA) is 95.0 Å². The molecule has 1 fully saturated rings. The molecular weight excluding hydrogens is 356 g/mol. The van der Waals surface area contributed by atoms with Crippen molar-refractivity contribution in [2.45, 2.75) is 37.1 Å². The second-order valence-electron chi connectivity index (χ2n) is 6.30. The number of aliphatic carboxylic acids is 1. The quantitative estimate of drug-likeness (QED) is 0.546. The van der Waals surface area contributed by atoms with Crippen molar-refractivity contribution in [1.29, 1.82) is 0 Å². The summed E-state index contributed by atoms with van der Waals surface area (Å²) in [4.78, 5) is 25.6. The van der Waals surface area contributed by atoms with Crippen LogP contribution in [-0.2, 0) is 19.6 Å². The molecule has 1 heterocycles. The summed E-state index contributed by atoms with van der Waals surface area (Å²) in [6.07, 6.45) is 2.64. The molecule has 1 aliphatic rings. The highest BCUT2D eigenvalue weighted by molar-refractivity contribution is 7.89. The number of rotatable bonds is 8. The average molecular weight is 380 g/mol. The number of hydrogen-bond donors (Lipinski definition) is 1. The monoisotopic (exact) mass is 380 g/mol. The van der Waals surface area contributed by atoms with Crippen molar-refractivity contribution in [2.24, 2.45) is 0 Å². The zero-order chi connectivity index (χ0) is 19.3. The Morgan fingerprint density at radius 3 is 2.54 bits per heavy atom. The molecule has 0 aliphatic carbocycles. The van der Waals surface area contributed by atoms with Gasteiger partial charge in [0.25, 0.3) is 0 Å². The van der Waals surface area contributed by atoms with E-state index in [4.69, 9.17) is 5.11 Å². The number of carbonyl (C=O) groups excluding carboxylic acids is 1. The maximum Gasteiger partial charge on any atom is 0.305 e. The molecule has 1 unspecified atom stereocenters. The lowest BCUT2D eigenvalue weighted by atomic mass is 10.1. The van der Waals surface area contributed by atoms with Gasteiger partial charge >= 0.3 is 5.97 Å². The highest BCUT2D eigenvalue weighted by atomic mass is 32.2. The largest absolute Gasteiger partial charge is 0.481 e. The maximum atomic E-state index is 13.0. The molecule has 1 amide bonds. The predicted molar refractivity (Wildman–Crippen MR) is 97.1 cm³/mol. The minimum atomic E-state index is -3.95. The molecule has 0 saturated carbocycles. The van der Waals surface area contributed by atoms with Crippen LogP contribution in [0.3, 0.4) is 0 Å². The fourth-order valence-electron chi connectivity index (χ4n) is 2.96. The Morgan fingerprint density at radius 2 is 1.96 bits per heavy atom. The summed E-state index contributed by atoms with van der Waals surface area (Å²) in [5.74, 6) is -1.67. The molecule has 0 spiro atoms. The Kier molecular flexibility index (Phi) is 6.55. The van der Waals surface area contributed by atoms with E-state index >= 15 is 0 Å². The first kappa shape index (κ1) is 20.1. The van der Waals surface area contributed by atoms with Crippen molar-refractivity contribution in [3.63, 3.8) is 0 Å². The summed E-state index contributed by atoms with van der Waals surface area (Å²) in [5.41, 5.74) is 0.911. The number of unbranched alkanes of at least 4 members (excludes halogenated alkanes) is 1. The van der Waals surface area contributed by atoms with Crippen LogP contribution in [0, 0.1) is 6.92 Å². The number of carbonyl (C=O) groups is 2. The summed E-state index contributed by atoms with van der Waals surface area (Å²) >= 11 is 0. The van der Waals surface area contributed by atoms with E-state index in [1.165, 1.54) is 17.0 Å². The highest BCUT2D eigenvalue weighted by Gasteiger charge is 2.42. The van der Waals surface area contributed by atoms with Crippen LogP contribution < -0.4 is 0 Å². The van der Waals surface area contributed by atoms with E-state index in [2.05, 4.69) is 6.58 Å². The van der Waals surface area contributed by atoms with Crippen LogP contribution in [0.4, 0.5) is 0 Å². The van der Waals surface area contributed by atoms with Gasteiger partial charge in [-0.3, -0.25) is 9.59 Å². The summed E-state index contributed by atoms with van der Waals surface area (Å²) in [7, 11) is -3.95. The van der Waals surface area contributed by atoms with Crippen LogP contribution in [0.15, 0.2) is 41.8 Å². The van der Waals surface area contributed by atoms with Crippen molar-refractivity contribution in [2.75, 3.05) is 19.6 Å². The van der Waals surface area contributed by atoms with Crippen molar-refractivity contribution in [3.05, 3.63) is 42.5 Å². The summed E-state index contributed by atoms with van der Waals surface area (Å²) in [6.45, 7) is 6.26. The molecule has 1 atom stereocenters. The lowest BCUT2D eigenvalue weighted by molar-refractivity contribution is -0.146. The van der Waals surface area contributed by atoms with E-state index < -0.39 is 34.4 Å². The first-order valence-corrected chi connectivity index (χ1v) is 9.91. The second-order valence-corrected chi connectivity index (χ2v) is 8.19. The molecule has 2 rings (SSSR count). The normalized spacial score (nSPS) is 18.7. The Hall–Kier alpha value is -2.19. The Bertz CT molecular complexity index is 773. The van der Waals surface area contributed by atoms with Gasteiger partial charge in [-0.25, -0.2) is 8.42 Å². The summed E-state index contributed by atoms with van der Waals surface area (Å²) < 4.78 is 26.9. The van der Waals surface area contributed by atoms with Gasteiger partial charge in [0.05, 0.1) is 11.3 Å². The number of piperazine rings is 1. The van der Waals surface area contributed by atoms with Crippen molar-refractivity contribution in [1.82, 2.24) is 9.21 Å². The maximum absolute atomic E-state index is 13.0. The number of benzene rings is 1. The van der Waals surface area contributed by atoms with Crippen LogP contribution >= 0.6 is 0 Å². The zero-order valence-electron chi connectivity index (χ0n) is 14.8. The molecule has 8 heteroatoms. The molecule has 0 bridgehead atoms. The number of aryl methyl sites for hydroxylation is 1. The van der Waals surface area contributed by atoms with E-state index in [-0.39, 0.29) is 18.0 Å². The molecule has 1 N–H and O–H groups in total. The van der Waals surface area contributed by atoms with Gasteiger partial charge in [-0.15, -0.1) is 6.58 Å². The third-order valence-electron chi connectivity index (χ3n) is 4.37. The van der Waals surface area contributed by atoms with Crippen LogP contribution in [0.1, 0.15) is 24.8 Å². The van der Waals surface area contributed by atoms with Crippen molar-refractivity contribution in [3.8, 4) is 0 Å². The molecule has 7 nitrogen and oxygen atoms in total. The molecule has 0 aromatic heterocycles. The van der Waals surface area contributed by atoms with Crippen molar-refractivity contribution < 1.29 is 23.1 Å². The Labute approximate surface area is 154 Å². The van der Waals surface area contributed by atoms with Gasteiger partial charge in [0.1, 0.15) is 6.04 Å². The standard InChI is InChI=1S/C18H24N2O5S/c1-3-4-5-10-19-11-12-20(16(18(19)23)13-17(21)22)26(24,25)15-8-6-14(2)7-9-15/h3,6-9,16H,1,4-5,10-13H2,2H3,(H,21,22). The SMILES string of the molecule is C=CCCCN1CCN(S(=O)(=O)c2ccc(C)cc2)C(CC(=O)O)C1=O. The van der Waals surface area contributed by atoms with Gasteiger partial charge in [-0.1, -0.05) is 23.8 Å². The number of carboxylic acids is 1. The number of sulfonamides is 1. The van der Waals surface area contributed by atoms with Gasteiger partial charge in [0.15, 0.2) is 0 Å². The predicted octanol–water partition coefficient (Wildman–Crippen LogP) is 1.64. The van der Waals surface area contributed by atoms with E-state index in [1.807, 2.05) is 6.92 Å². The number of hydrogen-bond acceptors (Lipinski definition) is 4. The molecule has 1 saturated heterocycles. The minimum absolute atomic E-state index is 0.0615. The van der Waals surface area contributed by atoms with E-state index in [0.717, 1.165) is 16.3 Å². The van der Waals surface area contributed by atoms with E-state index in [0.29, 0.717) is 13.0 Å². The van der Waals surface area contributed by atoms with Crippen LogP contribution in [0.5, 0.6) is 0 Å². The number of amides is 1. The van der Waals surface area contributed by atoms with Crippen LogP contribution in [0.25, 0.3) is 0 Å². The van der Waals surface area contributed by atoms with Gasteiger partial charge in [-0.2, -0.15) is 4.31 Å². The fraction of sp³-hybridized carbons (Fsp3) is 0.444. The lowest BCUT2D eigenvalue weighted by Gasteiger charge is -2.39. The lowest BCUT2D eigenvalue weighted by Crippen LogP contribution is -2.59. The van der Waals surface area contributed by atoms with E-state index in [1.54, 1.807) is 18.2 Å². The van der Waals surface area contributed by atoms with Gasteiger partial charge in [0, 0.05) is 19.6 Å². The van der Waals surface area contributed by atoms with Gasteiger partial charge in [-0.05, 0) is 31.9 Å². The van der Waals surface area contributed by atoms with Crippen molar-refractivity contribution >= 4 is 21.9 Å². The second kappa shape index (κ2) is 8.46. The van der Waals surface area contributed by atoms with Gasteiger partial charge < -0.3 is 10.0 Å². The van der Waals surface area contributed by atoms with E-state index in [9.17, 15) is 18.0 Å². The average Bonchev–Trinajstić information content (AvgIpc) is 2.58. The third kappa shape index (κ3) is 4.50. The molecule has 1 aromatic carbocycles. The smallest absolute Gasteiger partial charge is 0.305 e. The van der Waals surface area contributed by atoms with Crippen LogP contribution in [0.2, 0.25) is 0 Å². The van der Waals surface area contributed by atoms with Gasteiger partial charge in [0.2, 0.25) is 15.9 Å². The summed E-state index contributed by atoms with van der Waals surface area (Å²) in [5, 5.41) is 9.17.